The molecule has 0 heterocycles. The summed E-state index contributed by atoms with van der Waals surface area (Å²) in [6.45, 7) is 2.44. The van der Waals surface area contributed by atoms with Crippen LogP contribution in [-0.2, 0) is 0 Å². The molecule has 0 atom stereocenters. The van der Waals surface area contributed by atoms with Gasteiger partial charge in [0.2, 0.25) is 0 Å². The molecule has 20 heavy (non-hydrogen) atoms. The molecule has 0 unspecified atom stereocenters. The molecule has 110 valence electrons. The summed E-state index contributed by atoms with van der Waals surface area (Å²) in [6.07, 6.45) is 6.13. The molecule has 2 N–H and O–H groups in total. The first-order valence-electron chi connectivity index (χ1n) is 6.87. The van der Waals surface area contributed by atoms with Crippen LogP contribution in [0.1, 0.15) is 29.6 Å². The lowest BCUT2D eigenvalue weighted by Gasteiger charge is -2.40. The van der Waals surface area contributed by atoms with Gasteiger partial charge in [-0.25, -0.2) is 4.79 Å². The molecule has 1 saturated carbocycles. The molecule has 0 radical (unpaired) electrons. The first-order chi connectivity index (χ1) is 9.65. The van der Waals surface area contributed by atoms with Crippen molar-refractivity contribution in [3.05, 3.63) is 29.8 Å². The van der Waals surface area contributed by atoms with Crippen LogP contribution in [0.4, 0.5) is 0 Å². The van der Waals surface area contributed by atoms with Crippen molar-refractivity contribution in [1.82, 2.24) is 5.32 Å². The van der Waals surface area contributed by atoms with E-state index in [4.69, 9.17) is 9.84 Å². The van der Waals surface area contributed by atoms with Crippen LogP contribution in [0.25, 0.3) is 0 Å². The Balaban J connectivity index is 1.64. The van der Waals surface area contributed by atoms with Gasteiger partial charge in [0, 0.05) is 17.8 Å². The maximum absolute atomic E-state index is 10.7. The van der Waals surface area contributed by atoms with E-state index in [1.807, 2.05) is 11.8 Å². The van der Waals surface area contributed by atoms with Crippen LogP contribution in [0, 0.1) is 0 Å². The van der Waals surface area contributed by atoms with E-state index in [0.29, 0.717) is 17.1 Å². The van der Waals surface area contributed by atoms with Gasteiger partial charge in [-0.15, -0.1) is 0 Å². The van der Waals surface area contributed by atoms with Gasteiger partial charge >= 0.3 is 5.97 Å². The molecular weight excluding hydrogens is 274 g/mol. The molecule has 0 aromatic heterocycles. The molecule has 0 saturated heterocycles. The molecule has 1 aliphatic carbocycles. The SMILES string of the molecule is CSC1(CNCCOc2ccc(C(=O)O)cc2)CCC1. The van der Waals surface area contributed by atoms with Crippen molar-refractivity contribution in [2.24, 2.45) is 0 Å². The van der Waals surface area contributed by atoms with Crippen LogP contribution in [0.15, 0.2) is 24.3 Å². The molecule has 2 rings (SSSR count). The number of aromatic carboxylic acids is 1. The standard InChI is InChI=1S/C15H21NO3S/c1-20-15(7-2-8-15)11-16-9-10-19-13-5-3-12(4-6-13)14(17)18/h3-6,16H,2,7-11H2,1H3,(H,17,18). The van der Waals surface area contributed by atoms with Gasteiger partial charge in [-0.1, -0.05) is 6.42 Å². The summed E-state index contributed by atoms with van der Waals surface area (Å²) in [6, 6.07) is 6.50. The monoisotopic (exact) mass is 295 g/mol. The zero-order chi connectivity index (χ0) is 14.4. The van der Waals surface area contributed by atoms with Crippen LogP contribution in [0.5, 0.6) is 5.75 Å². The predicted octanol–water partition coefficient (Wildman–Crippen LogP) is 2.64. The normalized spacial score (nSPS) is 16.4. The number of benzene rings is 1. The molecule has 1 aromatic carbocycles. The highest BCUT2D eigenvalue weighted by molar-refractivity contribution is 8.00. The van der Waals surface area contributed by atoms with E-state index in [0.717, 1.165) is 13.1 Å². The second-order valence-electron chi connectivity index (χ2n) is 5.10. The number of ether oxygens (including phenoxy) is 1. The predicted molar refractivity (Wildman–Crippen MR) is 81.9 cm³/mol. The lowest BCUT2D eigenvalue weighted by Crippen LogP contribution is -2.44. The maximum Gasteiger partial charge on any atom is 0.335 e. The topological polar surface area (TPSA) is 58.6 Å². The summed E-state index contributed by atoms with van der Waals surface area (Å²) >= 11 is 1.96. The minimum Gasteiger partial charge on any atom is -0.492 e. The lowest BCUT2D eigenvalue weighted by atomic mass is 9.84. The van der Waals surface area contributed by atoms with Crippen molar-refractivity contribution < 1.29 is 14.6 Å². The molecule has 1 aliphatic rings. The molecule has 0 bridgehead atoms. The molecule has 1 fully saturated rings. The molecule has 0 aliphatic heterocycles. The zero-order valence-electron chi connectivity index (χ0n) is 11.7. The Morgan fingerprint density at radius 3 is 2.60 bits per heavy atom. The van der Waals surface area contributed by atoms with E-state index in [1.54, 1.807) is 24.3 Å². The zero-order valence-corrected chi connectivity index (χ0v) is 12.5. The Bertz CT molecular complexity index is 437. The van der Waals surface area contributed by atoms with Crippen LogP contribution >= 0.6 is 11.8 Å². The quantitative estimate of drug-likeness (QED) is 0.722. The van der Waals surface area contributed by atoms with Gasteiger partial charge in [0.25, 0.3) is 0 Å². The minimum absolute atomic E-state index is 0.280. The van der Waals surface area contributed by atoms with E-state index in [2.05, 4.69) is 11.6 Å². The van der Waals surface area contributed by atoms with Crippen LogP contribution in [-0.4, -0.2) is 41.8 Å². The van der Waals surface area contributed by atoms with Crippen molar-refractivity contribution in [1.29, 1.82) is 0 Å². The molecule has 1 aromatic rings. The summed E-state index contributed by atoms with van der Waals surface area (Å²) in [5, 5.41) is 12.2. The number of nitrogens with one attached hydrogen (secondary N) is 1. The van der Waals surface area contributed by atoms with Gasteiger partial charge in [0.15, 0.2) is 0 Å². The fraction of sp³-hybridized carbons (Fsp3) is 0.533. The van der Waals surface area contributed by atoms with Crippen LogP contribution < -0.4 is 10.1 Å². The van der Waals surface area contributed by atoms with Gasteiger partial charge in [-0.3, -0.25) is 0 Å². The van der Waals surface area contributed by atoms with Crippen LogP contribution in [0.3, 0.4) is 0 Å². The summed E-state index contributed by atoms with van der Waals surface area (Å²) < 4.78 is 6.03. The summed E-state index contributed by atoms with van der Waals surface area (Å²) in [5.41, 5.74) is 0.280. The average molecular weight is 295 g/mol. The van der Waals surface area contributed by atoms with Gasteiger partial charge in [-0.2, -0.15) is 11.8 Å². The molecule has 5 heteroatoms. The van der Waals surface area contributed by atoms with Crippen molar-refractivity contribution in [3.63, 3.8) is 0 Å². The highest BCUT2D eigenvalue weighted by Crippen LogP contribution is 2.42. The largest absolute Gasteiger partial charge is 0.492 e. The van der Waals surface area contributed by atoms with Crippen molar-refractivity contribution >= 4 is 17.7 Å². The summed E-state index contributed by atoms with van der Waals surface area (Å²) in [5.74, 6) is -0.207. The Morgan fingerprint density at radius 2 is 2.10 bits per heavy atom. The van der Waals surface area contributed by atoms with E-state index >= 15 is 0 Å². The summed E-state index contributed by atoms with van der Waals surface area (Å²) in [7, 11) is 0. The molecule has 4 nitrogen and oxygen atoms in total. The lowest BCUT2D eigenvalue weighted by molar-refractivity contribution is 0.0697. The van der Waals surface area contributed by atoms with Gasteiger partial charge < -0.3 is 15.2 Å². The van der Waals surface area contributed by atoms with Crippen molar-refractivity contribution in [2.45, 2.75) is 24.0 Å². The number of carboxylic acid groups (broad SMARTS) is 1. The Kier molecular flexibility index (Phi) is 5.31. The van der Waals surface area contributed by atoms with Gasteiger partial charge in [0.05, 0.1) is 5.56 Å². The number of carbonyl (C=O) groups is 1. The number of hydrogen-bond acceptors (Lipinski definition) is 4. The van der Waals surface area contributed by atoms with Crippen molar-refractivity contribution in [3.8, 4) is 5.75 Å². The maximum atomic E-state index is 10.7. The van der Waals surface area contributed by atoms with E-state index in [1.165, 1.54) is 19.3 Å². The number of thioether (sulfide) groups is 1. The average Bonchev–Trinajstić information content (AvgIpc) is 2.41. The Labute approximate surface area is 123 Å². The third kappa shape index (κ3) is 3.90. The molecule has 0 amide bonds. The number of hydrogen-bond donors (Lipinski definition) is 2. The smallest absolute Gasteiger partial charge is 0.335 e. The number of carboxylic acids is 1. The first kappa shape index (κ1) is 15.2. The second-order valence-corrected chi connectivity index (χ2v) is 6.37. The fourth-order valence-electron chi connectivity index (χ4n) is 2.28. The third-order valence-corrected chi connectivity index (χ3v) is 5.21. The van der Waals surface area contributed by atoms with E-state index in [9.17, 15) is 4.79 Å². The van der Waals surface area contributed by atoms with Crippen LogP contribution in [0.2, 0.25) is 0 Å². The number of rotatable bonds is 8. The van der Waals surface area contributed by atoms with Gasteiger partial charge in [-0.05, 0) is 43.4 Å². The summed E-state index contributed by atoms with van der Waals surface area (Å²) in [4.78, 5) is 10.7. The third-order valence-electron chi connectivity index (χ3n) is 3.79. The second kappa shape index (κ2) is 6.99. The highest BCUT2D eigenvalue weighted by Gasteiger charge is 2.35. The van der Waals surface area contributed by atoms with Gasteiger partial charge in [0.1, 0.15) is 12.4 Å². The van der Waals surface area contributed by atoms with Crippen molar-refractivity contribution in [2.75, 3.05) is 26.0 Å². The van der Waals surface area contributed by atoms with E-state index < -0.39 is 5.97 Å². The Morgan fingerprint density at radius 1 is 1.40 bits per heavy atom. The van der Waals surface area contributed by atoms with E-state index in [-0.39, 0.29) is 5.56 Å². The fourth-order valence-corrected chi connectivity index (χ4v) is 3.22. The molecule has 0 spiro atoms. The highest BCUT2D eigenvalue weighted by atomic mass is 32.2. The first-order valence-corrected chi connectivity index (χ1v) is 8.10. The molecular formula is C15H21NO3S. The Hall–Kier alpha value is -1.20. The minimum atomic E-state index is -0.916.